The molecule has 3 N–H and O–H groups in total. The van der Waals surface area contributed by atoms with Crippen molar-refractivity contribution < 1.29 is 0 Å². The molecule has 0 radical (unpaired) electrons. The number of nitrogens with one attached hydrogen (secondary N) is 1. The molecule has 6 heteroatoms. The Balaban J connectivity index is 1.98. The van der Waals surface area contributed by atoms with Crippen LogP contribution in [0.25, 0.3) is 0 Å². The number of nitrogens with two attached hydrogens (primary N) is 1. The number of hydrogen-bond acceptors (Lipinski definition) is 4. The molecule has 0 unspecified atom stereocenters. The summed E-state index contributed by atoms with van der Waals surface area (Å²) in [5.74, 6) is 1.51. The maximum absolute atomic E-state index is 5.91. The van der Waals surface area contributed by atoms with Crippen molar-refractivity contribution >= 4 is 11.8 Å². The Morgan fingerprint density at radius 1 is 1.32 bits per heavy atom. The highest BCUT2D eigenvalue weighted by Gasteiger charge is 2.15. The van der Waals surface area contributed by atoms with E-state index in [1.54, 1.807) is 0 Å². The van der Waals surface area contributed by atoms with Crippen molar-refractivity contribution in [2.75, 3.05) is 38.1 Å². The number of pyridine rings is 1. The van der Waals surface area contributed by atoms with Crippen molar-refractivity contribution in [2.24, 2.45) is 10.7 Å². The van der Waals surface area contributed by atoms with Gasteiger partial charge in [0.05, 0.1) is 6.54 Å². The van der Waals surface area contributed by atoms with Crippen LogP contribution in [0.3, 0.4) is 0 Å². The molecule has 2 rings (SSSR count). The summed E-state index contributed by atoms with van der Waals surface area (Å²) in [6.07, 6.45) is 1.85. The molecule has 1 aliphatic heterocycles. The minimum absolute atomic E-state index is 0.0726. The van der Waals surface area contributed by atoms with E-state index < -0.39 is 0 Å². The summed E-state index contributed by atoms with van der Waals surface area (Å²) in [5.41, 5.74) is 6.97. The lowest BCUT2D eigenvalue weighted by Gasteiger charge is -2.33. The predicted octanol–water partition coefficient (Wildman–Crippen LogP) is 1.04. The van der Waals surface area contributed by atoms with E-state index in [0.29, 0.717) is 12.5 Å². The number of hydrogen-bond donors (Lipinski definition) is 2. The van der Waals surface area contributed by atoms with Crippen LogP contribution in [-0.4, -0.2) is 54.6 Å². The van der Waals surface area contributed by atoms with Gasteiger partial charge in [0.1, 0.15) is 5.82 Å². The topological polar surface area (TPSA) is 69.8 Å². The van der Waals surface area contributed by atoms with Gasteiger partial charge in [0.25, 0.3) is 0 Å². The largest absolute Gasteiger partial charge is 0.370 e. The highest BCUT2D eigenvalue weighted by Crippen LogP contribution is 2.15. The number of rotatable bonds is 3. The minimum atomic E-state index is -0.0726. The second kappa shape index (κ2) is 6.96. The number of likely N-dealkylation sites (N-methyl/N-ethyl adjacent to an activating group) is 1. The van der Waals surface area contributed by atoms with E-state index in [2.05, 4.69) is 59.0 Å². The van der Waals surface area contributed by atoms with Crippen molar-refractivity contribution in [3.05, 3.63) is 23.9 Å². The summed E-state index contributed by atoms with van der Waals surface area (Å²) in [6.45, 7) is 10.9. The molecule has 1 aromatic heterocycles. The molecule has 0 atom stereocenters. The van der Waals surface area contributed by atoms with Gasteiger partial charge in [0.2, 0.25) is 0 Å². The SMILES string of the molecule is CN1CCN(c2cc(CN=C(N)NC(C)(C)C)ccn2)CC1. The van der Waals surface area contributed by atoms with Crippen LogP contribution in [0.4, 0.5) is 5.82 Å². The highest BCUT2D eigenvalue weighted by molar-refractivity contribution is 5.78. The molecule has 0 aliphatic carbocycles. The summed E-state index contributed by atoms with van der Waals surface area (Å²) < 4.78 is 0. The molecule has 1 fully saturated rings. The van der Waals surface area contributed by atoms with Crippen molar-refractivity contribution in [3.63, 3.8) is 0 Å². The maximum Gasteiger partial charge on any atom is 0.189 e. The standard InChI is InChI=1S/C16H28N6/c1-16(2,3)20-15(17)19-12-13-5-6-18-14(11-13)22-9-7-21(4)8-10-22/h5-6,11H,7-10,12H2,1-4H3,(H3,17,19,20). The third-order valence-electron chi connectivity index (χ3n) is 3.57. The smallest absolute Gasteiger partial charge is 0.189 e. The molecule has 1 saturated heterocycles. The van der Waals surface area contributed by atoms with E-state index in [1.165, 1.54) is 0 Å². The van der Waals surface area contributed by atoms with Crippen molar-refractivity contribution in [1.82, 2.24) is 15.2 Å². The lowest BCUT2D eigenvalue weighted by Crippen LogP contribution is -2.45. The predicted molar refractivity (Wildman–Crippen MR) is 92.2 cm³/mol. The van der Waals surface area contributed by atoms with Gasteiger partial charge in [-0.2, -0.15) is 0 Å². The number of nitrogens with zero attached hydrogens (tertiary/aromatic N) is 4. The fourth-order valence-electron chi connectivity index (χ4n) is 2.37. The zero-order valence-corrected chi connectivity index (χ0v) is 14.1. The Labute approximate surface area is 133 Å². The van der Waals surface area contributed by atoms with E-state index in [-0.39, 0.29) is 5.54 Å². The molecular formula is C16H28N6. The summed E-state index contributed by atoms with van der Waals surface area (Å²) in [6, 6.07) is 4.10. The van der Waals surface area contributed by atoms with Gasteiger partial charge >= 0.3 is 0 Å². The Kier molecular flexibility index (Phi) is 5.24. The molecule has 0 bridgehead atoms. The second-order valence-corrected chi connectivity index (χ2v) is 6.89. The number of anilines is 1. The van der Waals surface area contributed by atoms with E-state index in [4.69, 9.17) is 5.73 Å². The molecule has 2 heterocycles. The first-order valence-electron chi connectivity index (χ1n) is 7.80. The summed E-state index contributed by atoms with van der Waals surface area (Å²) in [4.78, 5) is 13.6. The zero-order chi connectivity index (χ0) is 16.2. The molecule has 122 valence electrons. The van der Waals surface area contributed by atoms with Gasteiger partial charge in [-0.1, -0.05) is 0 Å². The molecule has 6 nitrogen and oxygen atoms in total. The van der Waals surface area contributed by atoms with Crippen LogP contribution in [0.2, 0.25) is 0 Å². The molecule has 0 spiro atoms. The quantitative estimate of drug-likeness (QED) is 0.645. The van der Waals surface area contributed by atoms with Crippen molar-refractivity contribution in [3.8, 4) is 0 Å². The van der Waals surface area contributed by atoms with Gasteiger partial charge < -0.3 is 20.9 Å². The lowest BCUT2D eigenvalue weighted by molar-refractivity contribution is 0.312. The van der Waals surface area contributed by atoms with Crippen molar-refractivity contribution in [1.29, 1.82) is 0 Å². The number of aromatic nitrogens is 1. The molecule has 0 saturated carbocycles. The van der Waals surface area contributed by atoms with Gasteiger partial charge in [-0.15, -0.1) is 0 Å². The molecule has 1 aromatic rings. The summed E-state index contributed by atoms with van der Waals surface area (Å²) in [5, 5.41) is 3.17. The van der Waals surface area contributed by atoms with Gasteiger partial charge in [-0.05, 0) is 45.5 Å². The van der Waals surface area contributed by atoms with E-state index >= 15 is 0 Å². The third-order valence-corrected chi connectivity index (χ3v) is 3.57. The minimum Gasteiger partial charge on any atom is -0.370 e. The Morgan fingerprint density at radius 2 is 2.00 bits per heavy atom. The van der Waals surface area contributed by atoms with Crippen LogP contribution >= 0.6 is 0 Å². The van der Waals surface area contributed by atoms with Gasteiger partial charge in [0.15, 0.2) is 5.96 Å². The second-order valence-electron chi connectivity index (χ2n) is 6.89. The maximum atomic E-state index is 5.91. The Morgan fingerprint density at radius 3 is 2.64 bits per heavy atom. The Hall–Kier alpha value is -1.82. The molecule has 0 aromatic carbocycles. The molecule has 0 amide bonds. The fourth-order valence-corrected chi connectivity index (χ4v) is 2.37. The van der Waals surface area contributed by atoms with E-state index in [0.717, 1.165) is 37.6 Å². The normalized spacial score (nSPS) is 17.6. The summed E-state index contributed by atoms with van der Waals surface area (Å²) in [7, 11) is 2.15. The van der Waals surface area contributed by atoms with Crippen LogP contribution in [-0.2, 0) is 6.54 Å². The van der Waals surface area contributed by atoms with Crippen LogP contribution < -0.4 is 16.0 Å². The Bertz CT molecular complexity index is 512. The van der Waals surface area contributed by atoms with E-state index in [9.17, 15) is 0 Å². The lowest BCUT2D eigenvalue weighted by atomic mass is 10.1. The average molecular weight is 304 g/mol. The average Bonchev–Trinajstić information content (AvgIpc) is 2.44. The monoisotopic (exact) mass is 304 g/mol. The van der Waals surface area contributed by atoms with Crippen molar-refractivity contribution in [2.45, 2.75) is 32.9 Å². The van der Waals surface area contributed by atoms with Gasteiger partial charge in [0, 0.05) is 37.9 Å². The first-order valence-corrected chi connectivity index (χ1v) is 7.80. The van der Waals surface area contributed by atoms with E-state index in [1.807, 2.05) is 12.3 Å². The van der Waals surface area contributed by atoms with Gasteiger partial charge in [-0.25, -0.2) is 9.98 Å². The van der Waals surface area contributed by atoms with Gasteiger partial charge in [-0.3, -0.25) is 0 Å². The van der Waals surface area contributed by atoms with Crippen LogP contribution in [0.15, 0.2) is 23.3 Å². The summed E-state index contributed by atoms with van der Waals surface area (Å²) >= 11 is 0. The molecule has 1 aliphatic rings. The number of aliphatic imine (C=N–C) groups is 1. The van der Waals surface area contributed by atoms with Crippen LogP contribution in [0.1, 0.15) is 26.3 Å². The first kappa shape index (κ1) is 16.5. The van der Waals surface area contributed by atoms with Crippen LogP contribution in [0, 0.1) is 0 Å². The third kappa shape index (κ3) is 5.18. The highest BCUT2D eigenvalue weighted by atomic mass is 15.3. The first-order chi connectivity index (χ1) is 10.3. The molecule has 22 heavy (non-hydrogen) atoms. The molecular weight excluding hydrogens is 276 g/mol. The number of piperazine rings is 1. The fraction of sp³-hybridized carbons (Fsp3) is 0.625. The zero-order valence-electron chi connectivity index (χ0n) is 14.1. The van der Waals surface area contributed by atoms with Crippen LogP contribution in [0.5, 0.6) is 0 Å². The number of guanidine groups is 1.